The fourth-order valence-corrected chi connectivity index (χ4v) is 0. The van der Waals surface area contributed by atoms with Crippen molar-refractivity contribution in [2.24, 2.45) is 0 Å². The molecule has 0 aliphatic heterocycles. The molecule has 0 radical (unpaired) electrons. The van der Waals surface area contributed by atoms with Crippen LogP contribution in [-0.2, 0) is 4.79 Å². The van der Waals surface area contributed by atoms with E-state index in [0.29, 0.717) is 0 Å². The monoisotopic (exact) mass is 214 g/mol. The van der Waals surface area contributed by atoms with Crippen molar-refractivity contribution in [1.82, 2.24) is 0 Å². The Labute approximate surface area is 58.6 Å². The van der Waals surface area contributed by atoms with E-state index in [0.717, 1.165) is 0 Å². The fourth-order valence-electron chi connectivity index (χ4n) is 0. The van der Waals surface area contributed by atoms with Crippen LogP contribution in [0.4, 0.5) is 0 Å². The SMILES string of the molecule is CC(C)=O.CCI. The summed E-state index contributed by atoms with van der Waals surface area (Å²) in [5, 5.41) is 0. The lowest BCUT2D eigenvalue weighted by Gasteiger charge is -1.56. The van der Waals surface area contributed by atoms with Crippen LogP contribution in [0.5, 0.6) is 0 Å². The molecule has 0 heterocycles. The summed E-state index contributed by atoms with van der Waals surface area (Å²) in [6.07, 6.45) is 0. The molecule has 0 spiro atoms. The molecule has 0 aromatic rings. The molecule has 0 rings (SSSR count). The van der Waals surface area contributed by atoms with Crippen LogP contribution in [0, 0.1) is 0 Å². The van der Waals surface area contributed by atoms with E-state index in [1.165, 1.54) is 18.3 Å². The molecule has 0 fully saturated rings. The van der Waals surface area contributed by atoms with E-state index in [-0.39, 0.29) is 5.78 Å². The smallest absolute Gasteiger partial charge is 0.126 e. The number of rotatable bonds is 0. The number of carbonyl (C=O) groups is 1. The first-order valence-electron chi connectivity index (χ1n) is 2.18. The number of ketones is 1. The van der Waals surface area contributed by atoms with Crippen LogP contribution in [-0.4, -0.2) is 10.2 Å². The molecule has 0 amide bonds. The van der Waals surface area contributed by atoms with Crippen molar-refractivity contribution >= 4 is 28.4 Å². The minimum atomic E-state index is 0.167. The lowest BCUT2D eigenvalue weighted by molar-refractivity contribution is -0.114. The highest BCUT2D eigenvalue weighted by atomic mass is 127. The van der Waals surface area contributed by atoms with E-state index in [1.54, 1.807) is 0 Å². The Morgan fingerprint density at radius 1 is 1.57 bits per heavy atom. The third-order valence-corrected chi connectivity index (χ3v) is 0. The van der Waals surface area contributed by atoms with Gasteiger partial charge in [0.15, 0.2) is 0 Å². The summed E-state index contributed by atoms with van der Waals surface area (Å²) >= 11 is 2.29. The van der Waals surface area contributed by atoms with E-state index in [2.05, 4.69) is 29.5 Å². The molecule has 0 aliphatic rings. The average molecular weight is 214 g/mol. The van der Waals surface area contributed by atoms with Gasteiger partial charge in [-0.25, -0.2) is 0 Å². The van der Waals surface area contributed by atoms with Crippen LogP contribution in [0.25, 0.3) is 0 Å². The predicted molar refractivity (Wildman–Crippen MR) is 40.9 cm³/mol. The molecule has 0 aliphatic carbocycles. The maximum absolute atomic E-state index is 9.44. The molecular weight excluding hydrogens is 203 g/mol. The Bertz CT molecular complexity index is 39.3. The van der Waals surface area contributed by atoms with Gasteiger partial charge in [-0.15, -0.1) is 0 Å². The van der Waals surface area contributed by atoms with Gasteiger partial charge < -0.3 is 4.79 Å². The Morgan fingerprint density at radius 3 is 1.57 bits per heavy atom. The number of Topliss-reactive ketones (excluding diaryl/α,β-unsaturated/α-hetero) is 1. The van der Waals surface area contributed by atoms with Crippen molar-refractivity contribution in [2.75, 3.05) is 4.43 Å². The van der Waals surface area contributed by atoms with Gasteiger partial charge in [0.25, 0.3) is 0 Å². The van der Waals surface area contributed by atoms with Gasteiger partial charge in [-0.2, -0.15) is 0 Å². The maximum Gasteiger partial charge on any atom is 0.126 e. The fraction of sp³-hybridized carbons (Fsp3) is 0.800. The van der Waals surface area contributed by atoms with Crippen LogP contribution in [0.15, 0.2) is 0 Å². The summed E-state index contributed by atoms with van der Waals surface area (Å²) in [4.78, 5) is 9.44. The number of halogens is 1. The summed E-state index contributed by atoms with van der Waals surface area (Å²) in [5.41, 5.74) is 0. The van der Waals surface area contributed by atoms with Crippen molar-refractivity contribution in [1.29, 1.82) is 0 Å². The molecule has 0 atom stereocenters. The van der Waals surface area contributed by atoms with Crippen molar-refractivity contribution in [2.45, 2.75) is 20.8 Å². The molecule has 0 bridgehead atoms. The van der Waals surface area contributed by atoms with Gasteiger partial charge in [0.1, 0.15) is 5.78 Å². The van der Waals surface area contributed by atoms with Gasteiger partial charge in [-0.05, 0) is 18.3 Å². The summed E-state index contributed by atoms with van der Waals surface area (Å²) in [7, 11) is 0. The van der Waals surface area contributed by atoms with Crippen molar-refractivity contribution in [3.8, 4) is 0 Å². The molecule has 0 saturated carbocycles. The summed E-state index contributed by atoms with van der Waals surface area (Å²) in [5.74, 6) is 0.167. The normalized spacial score (nSPS) is 6.29. The van der Waals surface area contributed by atoms with Gasteiger partial charge >= 0.3 is 0 Å². The lowest BCUT2D eigenvalue weighted by Crippen LogP contribution is -1.69. The molecular formula is C5H11IO. The highest BCUT2D eigenvalue weighted by molar-refractivity contribution is 14.1. The van der Waals surface area contributed by atoms with E-state index >= 15 is 0 Å². The van der Waals surface area contributed by atoms with Gasteiger partial charge in [-0.3, -0.25) is 0 Å². The first-order chi connectivity index (χ1) is 3.15. The second-order valence-corrected chi connectivity index (χ2v) is 2.70. The third kappa shape index (κ3) is 774. The summed E-state index contributed by atoms with van der Waals surface area (Å²) in [6, 6.07) is 0. The third-order valence-electron chi connectivity index (χ3n) is 0. The van der Waals surface area contributed by atoms with Gasteiger partial charge in [0.05, 0.1) is 0 Å². The minimum Gasteiger partial charge on any atom is -0.300 e. The van der Waals surface area contributed by atoms with Crippen molar-refractivity contribution < 1.29 is 4.79 Å². The van der Waals surface area contributed by atoms with E-state index in [1.807, 2.05) is 0 Å². The zero-order chi connectivity index (χ0) is 6.28. The Hall–Kier alpha value is 0.400. The Kier molecular flexibility index (Phi) is 14.3. The highest BCUT2D eigenvalue weighted by Gasteiger charge is 1.62. The number of alkyl halides is 1. The number of carbonyl (C=O) groups excluding carboxylic acids is 1. The lowest BCUT2D eigenvalue weighted by atomic mass is 10.6. The van der Waals surface area contributed by atoms with Gasteiger partial charge in [-0.1, -0.05) is 29.5 Å². The van der Waals surface area contributed by atoms with Crippen LogP contribution in [0.2, 0.25) is 0 Å². The molecule has 2 heteroatoms. The van der Waals surface area contributed by atoms with Crippen LogP contribution in [0.3, 0.4) is 0 Å². The van der Waals surface area contributed by atoms with Crippen molar-refractivity contribution in [3.05, 3.63) is 0 Å². The molecule has 1 nitrogen and oxygen atoms in total. The first-order valence-corrected chi connectivity index (χ1v) is 3.70. The second kappa shape index (κ2) is 9.64. The largest absolute Gasteiger partial charge is 0.300 e. The summed E-state index contributed by atoms with van der Waals surface area (Å²) in [6.45, 7) is 5.17. The van der Waals surface area contributed by atoms with E-state index in [9.17, 15) is 4.79 Å². The zero-order valence-corrected chi connectivity index (χ0v) is 7.15. The average Bonchev–Trinajstić information content (AvgIpc) is 1.33. The van der Waals surface area contributed by atoms with E-state index < -0.39 is 0 Å². The Balaban J connectivity index is 0. The number of hydrogen-bond acceptors (Lipinski definition) is 1. The number of hydrogen-bond donors (Lipinski definition) is 0. The van der Waals surface area contributed by atoms with Gasteiger partial charge in [0.2, 0.25) is 0 Å². The van der Waals surface area contributed by atoms with Crippen LogP contribution >= 0.6 is 22.6 Å². The topological polar surface area (TPSA) is 17.1 Å². The summed E-state index contributed by atoms with van der Waals surface area (Å²) < 4.78 is 1.22. The quantitative estimate of drug-likeness (QED) is 0.445. The van der Waals surface area contributed by atoms with Crippen molar-refractivity contribution in [3.63, 3.8) is 0 Å². The molecule has 0 unspecified atom stereocenters. The molecule has 44 valence electrons. The predicted octanol–water partition coefficient (Wildman–Crippen LogP) is 2.04. The molecule has 0 aromatic carbocycles. The maximum atomic E-state index is 9.44. The minimum absolute atomic E-state index is 0.167. The molecule has 0 N–H and O–H groups in total. The van der Waals surface area contributed by atoms with Crippen LogP contribution < -0.4 is 0 Å². The standard InChI is InChI=1S/C3H6O.C2H5I/c1-3(2)4;1-2-3/h1-2H3;2H2,1H3. The second-order valence-electron chi connectivity index (χ2n) is 1.18. The molecule has 7 heavy (non-hydrogen) atoms. The Morgan fingerprint density at radius 2 is 1.57 bits per heavy atom. The molecule has 0 aromatic heterocycles. The van der Waals surface area contributed by atoms with Gasteiger partial charge in [0, 0.05) is 0 Å². The van der Waals surface area contributed by atoms with E-state index in [4.69, 9.17) is 0 Å². The zero-order valence-electron chi connectivity index (χ0n) is 4.99. The van der Waals surface area contributed by atoms with Crippen LogP contribution in [0.1, 0.15) is 20.8 Å². The first kappa shape index (κ1) is 10.4. The highest BCUT2D eigenvalue weighted by Crippen LogP contribution is 1.69. The molecule has 0 saturated heterocycles.